The Bertz CT molecular complexity index is 591. The number of nitrogens with one attached hydrogen (secondary N) is 1. The largest absolute Gasteiger partial charge is 0.328 e. The van der Waals surface area contributed by atoms with Crippen molar-refractivity contribution < 1.29 is 9.59 Å². The van der Waals surface area contributed by atoms with Gasteiger partial charge in [-0.2, -0.15) is 5.10 Å². The molecule has 1 unspecified atom stereocenters. The van der Waals surface area contributed by atoms with Crippen LogP contribution in [0.4, 0.5) is 5.82 Å². The molecule has 2 heterocycles. The molecule has 2 fully saturated rings. The van der Waals surface area contributed by atoms with Crippen LogP contribution in [0.25, 0.3) is 0 Å². The van der Waals surface area contributed by atoms with Gasteiger partial charge in [0.25, 0.3) is 5.91 Å². The summed E-state index contributed by atoms with van der Waals surface area (Å²) < 4.78 is 1.74. The molecule has 1 atom stereocenters. The third kappa shape index (κ3) is 2.99. The molecule has 6 nitrogen and oxygen atoms in total. The lowest BCUT2D eigenvalue weighted by Gasteiger charge is -2.49. The lowest BCUT2D eigenvalue weighted by molar-refractivity contribution is -0.155. The number of nitrogens with zero attached hydrogens (tertiary/aromatic N) is 3. The van der Waals surface area contributed by atoms with Crippen molar-refractivity contribution in [3.05, 3.63) is 12.3 Å². The third-order valence-electron chi connectivity index (χ3n) is 5.40. The van der Waals surface area contributed by atoms with Gasteiger partial charge in [0.2, 0.25) is 5.91 Å². The van der Waals surface area contributed by atoms with Gasteiger partial charge in [-0.05, 0) is 39.0 Å². The maximum atomic E-state index is 12.7. The summed E-state index contributed by atoms with van der Waals surface area (Å²) in [7, 11) is 0. The first-order chi connectivity index (χ1) is 11.0. The van der Waals surface area contributed by atoms with Crippen LogP contribution in [-0.4, -0.2) is 38.6 Å². The zero-order valence-corrected chi connectivity index (χ0v) is 14.0. The molecule has 2 aliphatic rings. The summed E-state index contributed by atoms with van der Waals surface area (Å²) in [4.78, 5) is 27.0. The fourth-order valence-electron chi connectivity index (χ4n) is 3.71. The van der Waals surface area contributed by atoms with Gasteiger partial charge in [-0.1, -0.05) is 12.8 Å². The predicted octanol–water partition coefficient (Wildman–Crippen LogP) is 2.41. The van der Waals surface area contributed by atoms with Crippen LogP contribution in [0, 0.1) is 5.92 Å². The minimum atomic E-state index is -0.724. The molecule has 23 heavy (non-hydrogen) atoms. The Hall–Kier alpha value is -1.85. The molecule has 126 valence electrons. The molecule has 0 bridgehead atoms. The first kappa shape index (κ1) is 16.0. The second-order valence-electron chi connectivity index (χ2n) is 6.91. The summed E-state index contributed by atoms with van der Waals surface area (Å²) in [6.45, 7) is 5.22. The van der Waals surface area contributed by atoms with Crippen molar-refractivity contribution >= 4 is 17.6 Å². The van der Waals surface area contributed by atoms with Crippen LogP contribution in [0.5, 0.6) is 0 Å². The van der Waals surface area contributed by atoms with Crippen molar-refractivity contribution in [1.82, 2.24) is 14.7 Å². The number of aryl methyl sites for hydroxylation is 1. The fraction of sp³-hybridized carbons (Fsp3) is 0.706. The van der Waals surface area contributed by atoms with Crippen molar-refractivity contribution in [2.75, 3.05) is 11.9 Å². The van der Waals surface area contributed by atoms with E-state index in [9.17, 15) is 9.59 Å². The van der Waals surface area contributed by atoms with Crippen LogP contribution in [0.3, 0.4) is 0 Å². The quantitative estimate of drug-likeness (QED) is 0.906. The Kier molecular flexibility index (Phi) is 4.41. The van der Waals surface area contributed by atoms with E-state index in [2.05, 4.69) is 10.4 Å². The maximum absolute atomic E-state index is 12.7. The van der Waals surface area contributed by atoms with Gasteiger partial charge in [0.1, 0.15) is 11.4 Å². The summed E-state index contributed by atoms with van der Waals surface area (Å²) in [5.41, 5.74) is -0.724. The highest BCUT2D eigenvalue weighted by molar-refractivity contribution is 6.01. The standard InChI is InChI=1S/C17H26N4O2/c1-3-21-14(8-10-18-21)19-16(23)17(2)9-11-20(17)15(22)12-13-6-4-5-7-13/h8,10,13H,3-7,9,11-12H2,1-2H3,(H,19,23). The highest BCUT2D eigenvalue weighted by Crippen LogP contribution is 2.35. The normalized spacial score (nSPS) is 24.5. The molecule has 1 aromatic rings. The van der Waals surface area contributed by atoms with Crippen molar-refractivity contribution in [2.24, 2.45) is 5.92 Å². The summed E-state index contributed by atoms with van der Waals surface area (Å²) >= 11 is 0. The average Bonchev–Trinajstić information content (AvgIpc) is 3.16. The molecule has 0 radical (unpaired) electrons. The number of aromatic nitrogens is 2. The predicted molar refractivity (Wildman–Crippen MR) is 87.8 cm³/mol. The minimum absolute atomic E-state index is 0.112. The number of carbonyl (C=O) groups is 2. The van der Waals surface area contributed by atoms with Crippen LogP contribution in [-0.2, 0) is 16.1 Å². The highest BCUT2D eigenvalue weighted by atomic mass is 16.2. The third-order valence-corrected chi connectivity index (χ3v) is 5.40. The number of carbonyl (C=O) groups excluding carboxylic acids is 2. The van der Waals surface area contributed by atoms with Crippen LogP contribution < -0.4 is 5.32 Å². The molecule has 2 amide bonds. The smallest absolute Gasteiger partial charge is 0.251 e. The van der Waals surface area contributed by atoms with Crippen molar-refractivity contribution in [1.29, 1.82) is 0 Å². The van der Waals surface area contributed by atoms with Crippen molar-refractivity contribution in [2.45, 2.75) is 64.5 Å². The summed E-state index contributed by atoms with van der Waals surface area (Å²) in [6, 6.07) is 1.79. The Labute approximate surface area is 137 Å². The number of rotatable bonds is 5. The average molecular weight is 318 g/mol. The zero-order valence-electron chi connectivity index (χ0n) is 14.0. The van der Waals surface area contributed by atoms with Gasteiger partial charge >= 0.3 is 0 Å². The molecular weight excluding hydrogens is 292 g/mol. The summed E-state index contributed by atoms with van der Waals surface area (Å²) in [5, 5.41) is 7.09. The Morgan fingerprint density at radius 1 is 1.39 bits per heavy atom. The van der Waals surface area contributed by atoms with Crippen LogP contribution in [0.1, 0.15) is 52.4 Å². The molecule has 1 aromatic heterocycles. The van der Waals surface area contributed by atoms with Gasteiger partial charge < -0.3 is 10.2 Å². The van der Waals surface area contributed by atoms with E-state index >= 15 is 0 Å². The highest BCUT2D eigenvalue weighted by Gasteiger charge is 2.49. The second kappa shape index (κ2) is 6.34. The first-order valence-corrected chi connectivity index (χ1v) is 8.68. The number of amides is 2. The van der Waals surface area contributed by atoms with Crippen LogP contribution in [0.2, 0.25) is 0 Å². The van der Waals surface area contributed by atoms with E-state index in [1.165, 1.54) is 12.8 Å². The van der Waals surface area contributed by atoms with Crippen molar-refractivity contribution in [3.63, 3.8) is 0 Å². The summed E-state index contributed by atoms with van der Waals surface area (Å²) in [6.07, 6.45) is 7.75. The summed E-state index contributed by atoms with van der Waals surface area (Å²) in [5.74, 6) is 1.22. The van der Waals surface area contributed by atoms with E-state index in [4.69, 9.17) is 0 Å². The van der Waals surface area contributed by atoms with Gasteiger partial charge in [-0.25, -0.2) is 4.68 Å². The number of hydrogen-bond donors (Lipinski definition) is 1. The van der Waals surface area contributed by atoms with Crippen molar-refractivity contribution in [3.8, 4) is 0 Å². The van der Waals surface area contributed by atoms with E-state index in [0.717, 1.165) is 19.3 Å². The molecule has 1 aliphatic carbocycles. The van der Waals surface area contributed by atoms with E-state index in [-0.39, 0.29) is 11.8 Å². The number of likely N-dealkylation sites (tertiary alicyclic amines) is 1. The minimum Gasteiger partial charge on any atom is -0.328 e. The topological polar surface area (TPSA) is 67.2 Å². The molecule has 6 heteroatoms. The fourth-order valence-corrected chi connectivity index (χ4v) is 3.71. The second-order valence-corrected chi connectivity index (χ2v) is 6.91. The molecular formula is C17H26N4O2. The molecule has 1 N–H and O–H groups in total. The van der Waals surface area contributed by atoms with Gasteiger partial charge in [-0.15, -0.1) is 0 Å². The Morgan fingerprint density at radius 2 is 2.13 bits per heavy atom. The molecule has 3 rings (SSSR count). The molecule has 1 saturated heterocycles. The lowest BCUT2D eigenvalue weighted by Crippen LogP contribution is -2.66. The monoisotopic (exact) mass is 318 g/mol. The Morgan fingerprint density at radius 3 is 2.74 bits per heavy atom. The van der Waals surface area contributed by atoms with E-state index < -0.39 is 5.54 Å². The van der Waals surface area contributed by atoms with Crippen LogP contribution in [0.15, 0.2) is 12.3 Å². The first-order valence-electron chi connectivity index (χ1n) is 8.68. The van der Waals surface area contributed by atoms with E-state index in [1.54, 1.807) is 21.8 Å². The SMILES string of the molecule is CCn1nccc1NC(=O)C1(C)CCN1C(=O)CC1CCCC1. The van der Waals surface area contributed by atoms with Gasteiger partial charge in [0.05, 0.1) is 6.20 Å². The maximum Gasteiger partial charge on any atom is 0.251 e. The lowest BCUT2D eigenvalue weighted by atomic mass is 9.84. The van der Waals surface area contributed by atoms with Crippen LogP contribution >= 0.6 is 0 Å². The van der Waals surface area contributed by atoms with Gasteiger partial charge in [0, 0.05) is 25.6 Å². The van der Waals surface area contributed by atoms with E-state index in [0.29, 0.717) is 31.2 Å². The molecule has 1 saturated carbocycles. The van der Waals surface area contributed by atoms with Gasteiger partial charge in [-0.3, -0.25) is 9.59 Å². The van der Waals surface area contributed by atoms with Gasteiger partial charge in [0.15, 0.2) is 0 Å². The number of anilines is 1. The molecule has 1 aliphatic heterocycles. The molecule has 0 spiro atoms. The van der Waals surface area contributed by atoms with E-state index in [1.807, 2.05) is 13.8 Å². The number of hydrogen-bond acceptors (Lipinski definition) is 3. The Balaban J connectivity index is 1.63. The molecule has 0 aromatic carbocycles. The zero-order chi connectivity index (χ0) is 16.4.